The van der Waals surface area contributed by atoms with E-state index in [1.165, 1.54) is 0 Å². The van der Waals surface area contributed by atoms with Crippen LogP contribution < -0.4 is 15.8 Å². The molecule has 1 fully saturated rings. The number of fused-ring (bicyclic) bond motifs is 1. The number of nitrogens with one attached hydrogen (secondary N) is 1. The summed E-state index contributed by atoms with van der Waals surface area (Å²) in [5.74, 6) is 1.45. The minimum Gasteiger partial charge on any atom is -0.486 e. The summed E-state index contributed by atoms with van der Waals surface area (Å²) in [5, 5.41) is 3.43. The van der Waals surface area contributed by atoms with E-state index >= 15 is 0 Å². The molecule has 1 aromatic rings. The van der Waals surface area contributed by atoms with Crippen LogP contribution in [0, 0.1) is 5.92 Å². The van der Waals surface area contributed by atoms with E-state index in [9.17, 15) is 0 Å². The van der Waals surface area contributed by atoms with Gasteiger partial charge in [-0.3, -0.25) is 0 Å². The molecule has 0 radical (unpaired) electrons. The molecular weight excluding hydrogens is 292 g/mol. The first-order valence-corrected chi connectivity index (χ1v) is 7.35. The molecule has 0 bridgehead atoms. The fourth-order valence-corrected chi connectivity index (χ4v) is 3.49. The van der Waals surface area contributed by atoms with Gasteiger partial charge in [-0.15, -0.1) is 0 Å². The quantitative estimate of drug-likeness (QED) is 0.774. The molecule has 1 spiro atoms. The van der Waals surface area contributed by atoms with Crippen LogP contribution in [0.25, 0.3) is 0 Å². The van der Waals surface area contributed by atoms with E-state index in [4.69, 9.17) is 10.5 Å². The predicted molar refractivity (Wildman–Crippen MR) is 75.7 cm³/mol. The molecule has 0 aromatic heterocycles. The van der Waals surface area contributed by atoms with Crippen molar-refractivity contribution in [2.24, 2.45) is 11.7 Å². The Morgan fingerprint density at radius 2 is 2.33 bits per heavy atom. The molecule has 1 saturated heterocycles. The van der Waals surface area contributed by atoms with Crippen LogP contribution in [0.2, 0.25) is 0 Å². The molecule has 2 aliphatic heterocycles. The highest BCUT2D eigenvalue weighted by atomic mass is 79.9. The first-order chi connectivity index (χ1) is 8.61. The van der Waals surface area contributed by atoms with Gasteiger partial charge >= 0.3 is 0 Å². The summed E-state index contributed by atoms with van der Waals surface area (Å²) in [6.07, 6.45) is 1.96. The van der Waals surface area contributed by atoms with Crippen molar-refractivity contribution in [1.29, 1.82) is 0 Å². The highest BCUT2D eigenvalue weighted by Crippen LogP contribution is 2.45. The zero-order chi connectivity index (χ0) is 12.8. The molecule has 1 aromatic carbocycles. The summed E-state index contributed by atoms with van der Waals surface area (Å²) in [6, 6.07) is 6.24. The Morgan fingerprint density at radius 3 is 3.11 bits per heavy atom. The van der Waals surface area contributed by atoms with Crippen LogP contribution in [0.1, 0.15) is 31.4 Å². The van der Waals surface area contributed by atoms with Gasteiger partial charge in [0.2, 0.25) is 0 Å². The van der Waals surface area contributed by atoms with E-state index in [0.29, 0.717) is 5.92 Å². The number of hydrogen-bond donors (Lipinski definition) is 2. The van der Waals surface area contributed by atoms with E-state index in [1.807, 2.05) is 12.1 Å². The van der Waals surface area contributed by atoms with E-state index in [2.05, 4.69) is 34.2 Å². The summed E-state index contributed by atoms with van der Waals surface area (Å²) in [7, 11) is 0. The monoisotopic (exact) mass is 310 g/mol. The Bertz CT molecular complexity index is 465. The number of rotatable bonds is 0. The number of piperidine rings is 1. The van der Waals surface area contributed by atoms with Gasteiger partial charge in [0, 0.05) is 35.0 Å². The highest BCUT2D eigenvalue weighted by molar-refractivity contribution is 9.10. The van der Waals surface area contributed by atoms with Gasteiger partial charge < -0.3 is 15.8 Å². The summed E-state index contributed by atoms with van der Waals surface area (Å²) in [4.78, 5) is 0. The highest BCUT2D eigenvalue weighted by Gasteiger charge is 2.45. The predicted octanol–water partition coefficient (Wildman–Crippen LogP) is 2.60. The topological polar surface area (TPSA) is 47.3 Å². The lowest BCUT2D eigenvalue weighted by atomic mass is 9.75. The van der Waals surface area contributed by atoms with Crippen LogP contribution in [0.3, 0.4) is 0 Å². The van der Waals surface area contributed by atoms with Gasteiger partial charge in [-0.05, 0) is 25.1 Å². The maximum atomic E-state index is 6.37. The number of hydrogen-bond acceptors (Lipinski definition) is 3. The zero-order valence-corrected chi connectivity index (χ0v) is 12.2. The first-order valence-electron chi connectivity index (χ1n) is 6.55. The van der Waals surface area contributed by atoms with Crippen molar-refractivity contribution in [3.8, 4) is 5.75 Å². The van der Waals surface area contributed by atoms with E-state index in [1.54, 1.807) is 0 Å². The van der Waals surface area contributed by atoms with Crippen molar-refractivity contribution in [3.05, 3.63) is 28.2 Å². The maximum Gasteiger partial charge on any atom is 0.126 e. The van der Waals surface area contributed by atoms with Gasteiger partial charge in [-0.2, -0.15) is 0 Å². The van der Waals surface area contributed by atoms with E-state index in [0.717, 1.165) is 41.7 Å². The molecule has 2 unspecified atom stereocenters. The minimum atomic E-state index is -0.0849. The van der Waals surface area contributed by atoms with Crippen molar-refractivity contribution in [1.82, 2.24) is 5.32 Å². The van der Waals surface area contributed by atoms with Crippen LogP contribution in [0.4, 0.5) is 0 Å². The number of benzene rings is 1. The Morgan fingerprint density at radius 1 is 1.50 bits per heavy atom. The first kappa shape index (κ1) is 12.5. The lowest BCUT2D eigenvalue weighted by molar-refractivity contribution is -0.0335. The molecular formula is C14H19BrN2O. The van der Waals surface area contributed by atoms with Gasteiger partial charge in [-0.1, -0.05) is 28.9 Å². The van der Waals surface area contributed by atoms with E-state index < -0.39 is 0 Å². The average Bonchev–Trinajstić information content (AvgIpc) is 2.32. The van der Waals surface area contributed by atoms with Gasteiger partial charge in [0.15, 0.2) is 0 Å². The maximum absolute atomic E-state index is 6.37. The molecule has 2 aliphatic rings. The fraction of sp³-hybridized carbons (Fsp3) is 0.571. The van der Waals surface area contributed by atoms with Gasteiger partial charge in [0.25, 0.3) is 0 Å². The van der Waals surface area contributed by atoms with Crippen LogP contribution in [0.5, 0.6) is 5.75 Å². The lowest BCUT2D eigenvalue weighted by Crippen LogP contribution is -2.55. The molecule has 18 heavy (non-hydrogen) atoms. The Hall–Kier alpha value is -0.580. The molecule has 4 heteroatoms. The standard InChI is InChI=1S/C14H19BrN2O/c1-9-8-17-5-4-14(9)7-12(16)11-3-2-10(15)6-13(11)18-14/h2-3,6,9,12,17H,4-5,7-8,16H2,1H3/t9?,12-,14?/m0/s1. The van der Waals surface area contributed by atoms with Crippen molar-refractivity contribution in [2.45, 2.75) is 31.4 Å². The SMILES string of the molecule is CC1CNCCC12C[C@H](N)c1ccc(Br)cc1O2. The molecule has 98 valence electrons. The molecule has 0 aliphatic carbocycles. The lowest BCUT2D eigenvalue weighted by Gasteiger charge is -2.47. The molecule has 3 N–H and O–H groups in total. The van der Waals surface area contributed by atoms with Gasteiger partial charge in [0.1, 0.15) is 11.4 Å². The number of nitrogens with two attached hydrogens (primary N) is 1. The Balaban J connectivity index is 1.99. The largest absolute Gasteiger partial charge is 0.486 e. The third-order valence-electron chi connectivity index (χ3n) is 4.33. The van der Waals surface area contributed by atoms with Crippen molar-refractivity contribution < 1.29 is 4.74 Å². The van der Waals surface area contributed by atoms with Gasteiger partial charge in [0.05, 0.1) is 0 Å². The third kappa shape index (κ3) is 1.96. The second kappa shape index (κ2) is 4.51. The van der Waals surface area contributed by atoms with E-state index in [-0.39, 0.29) is 11.6 Å². The van der Waals surface area contributed by atoms with Crippen LogP contribution in [-0.4, -0.2) is 18.7 Å². The van der Waals surface area contributed by atoms with Crippen molar-refractivity contribution in [3.63, 3.8) is 0 Å². The van der Waals surface area contributed by atoms with Crippen molar-refractivity contribution >= 4 is 15.9 Å². The molecule has 3 atom stereocenters. The molecule has 3 nitrogen and oxygen atoms in total. The summed E-state index contributed by atoms with van der Waals surface area (Å²) in [6.45, 7) is 4.28. The fourth-order valence-electron chi connectivity index (χ4n) is 3.15. The molecule has 0 saturated carbocycles. The number of ether oxygens (including phenoxy) is 1. The normalized spacial score (nSPS) is 35.1. The minimum absolute atomic E-state index is 0.0849. The Labute approximate surface area is 116 Å². The average molecular weight is 311 g/mol. The van der Waals surface area contributed by atoms with Crippen LogP contribution in [0.15, 0.2) is 22.7 Å². The molecule has 2 heterocycles. The summed E-state index contributed by atoms with van der Waals surface area (Å²) >= 11 is 3.50. The Kier molecular flexibility index (Phi) is 3.12. The molecule has 3 rings (SSSR count). The van der Waals surface area contributed by atoms with Crippen molar-refractivity contribution in [2.75, 3.05) is 13.1 Å². The zero-order valence-electron chi connectivity index (χ0n) is 10.6. The number of halogens is 1. The van der Waals surface area contributed by atoms with Crippen LogP contribution >= 0.6 is 15.9 Å². The third-order valence-corrected chi connectivity index (χ3v) is 4.82. The summed E-state index contributed by atoms with van der Waals surface area (Å²) in [5.41, 5.74) is 7.40. The summed E-state index contributed by atoms with van der Waals surface area (Å²) < 4.78 is 7.42. The smallest absolute Gasteiger partial charge is 0.126 e. The molecule has 0 amide bonds. The second-order valence-electron chi connectivity index (χ2n) is 5.51. The van der Waals surface area contributed by atoms with Gasteiger partial charge in [-0.25, -0.2) is 0 Å². The second-order valence-corrected chi connectivity index (χ2v) is 6.43. The van der Waals surface area contributed by atoms with Crippen LogP contribution in [-0.2, 0) is 0 Å².